The number of nitrogens with zero attached hydrogens (tertiary/aromatic N) is 7. The molecular formula is C42H45N11O8. The number of anilines is 2. The third kappa shape index (κ3) is 8.42. The van der Waals surface area contributed by atoms with Crippen molar-refractivity contribution in [3.8, 4) is 5.82 Å². The Kier molecular flexibility index (Phi) is 12.1. The van der Waals surface area contributed by atoms with Crippen LogP contribution in [-0.2, 0) is 28.7 Å². The highest BCUT2D eigenvalue weighted by molar-refractivity contribution is 6.25. The van der Waals surface area contributed by atoms with Gasteiger partial charge < -0.3 is 30.3 Å². The molecule has 2 unspecified atom stereocenters. The van der Waals surface area contributed by atoms with E-state index in [1.807, 2.05) is 52.3 Å². The average Bonchev–Trinajstić information content (AvgIpc) is 4.04. The minimum Gasteiger partial charge on any atom is -0.382 e. The number of benzene rings is 1. The second-order valence-electron chi connectivity index (χ2n) is 14.9. The van der Waals surface area contributed by atoms with Crippen molar-refractivity contribution in [1.82, 2.24) is 40.1 Å². The number of pyridine rings is 1. The van der Waals surface area contributed by atoms with Crippen molar-refractivity contribution in [2.75, 3.05) is 56.3 Å². The largest absolute Gasteiger partial charge is 0.382 e. The number of carbonyl (C=O) groups is 6. The molecular weight excluding hydrogens is 787 g/mol. The Morgan fingerprint density at radius 3 is 2.41 bits per heavy atom. The molecule has 5 N–H and O–H groups in total. The Bertz CT molecular complexity index is 2370. The molecule has 2 atom stereocenters. The van der Waals surface area contributed by atoms with Crippen LogP contribution in [0.25, 0.3) is 11.5 Å². The van der Waals surface area contributed by atoms with E-state index in [1.165, 1.54) is 6.07 Å². The molecule has 1 aromatic carbocycles. The first-order valence-electron chi connectivity index (χ1n) is 20.2. The molecule has 19 heteroatoms. The van der Waals surface area contributed by atoms with E-state index in [0.29, 0.717) is 61.2 Å². The van der Waals surface area contributed by atoms with Gasteiger partial charge in [0.2, 0.25) is 23.6 Å². The first-order valence-corrected chi connectivity index (χ1v) is 20.2. The number of hydrogen-bond donors (Lipinski definition) is 4. The van der Waals surface area contributed by atoms with Crippen LogP contribution < -0.4 is 21.3 Å². The van der Waals surface area contributed by atoms with Crippen molar-refractivity contribution < 1.29 is 38.2 Å². The van der Waals surface area contributed by atoms with Gasteiger partial charge in [0, 0.05) is 50.2 Å². The fourth-order valence-electron chi connectivity index (χ4n) is 8.32. The molecule has 3 aromatic heterocycles. The maximum atomic E-state index is 13.4. The summed E-state index contributed by atoms with van der Waals surface area (Å²) in [7, 11) is 0. The number of imide groups is 2. The minimum atomic E-state index is -1.04. The Labute approximate surface area is 349 Å². The Morgan fingerprint density at radius 2 is 1.67 bits per heavy atom. The monoisotopic (exact) mass is 831 g/mol. The van der Waals surface area contributed by atoms with Crippen molar-refractivity contribution >= 4 is 52.6 Å². The third-order valence-electron chi connectivity index (χ3n) is 11.2. The van der Waals surface area contributed by atoms with Crippen LogP contribution in [0.4, 0.5) is 11.5 Å². The first kappa shape index (κ1) is 40.8. The zero-order valence-electron chi connectivity index (χ0n) is 33.2. The number of likely N-dealkylation sites (tertiary alicyclic amines) is 1. The zero-order chi connectivity index (χ0) is 42.5. The standard InChI is InChI=1S/C42H45N11O8/c43-39(56)38-27(7-8-31(29-11-17-46-49-29)51(38)35-12-18-47-53(35)33-6-1-2-16-45-33)26-13-20-50(21-14-26)36(55)15-22-60-24-25-61-23-19-44-30-5-3-4-28-37(30)42(59)52(41(28)58)32-9-10-34(54)48-40(32)57/h1-8,11-12,16-18,26,32,38,44H,9-10,13-15,19-25H2,(H2,43,56)(H,46,49)(H,48,54,57). The van der Waals surface area contributed by atoms with Crippen LogP contribution in [0, 0.1) is 5.92 Å². The highest BCUT2D eigenvalue weighted by atomic mass is 16.5. The molecule has 4 aliphatic heterocycles. The summed E-state index contributed by atoms with van der Waals surface area (Å²) in [5.74, 6) is -1.61. The molecule has 0 saturated carbocycles. The molecule has 0 bridgehead atoms. The normalized spacial score (nSPS) is 19.4. The lowest BCUT2D eigenvalue weighted by atomic mass is 9.82. The maximum Gasteiger partial charge on any atom is 0.264 e. The summed E-state index contributed by atoms with van der Waals surface area (Å²) < 4.78 is 13.0. The highest BCUT2D eigenvalue weighted by Gasteiger charge is 2.46. The molecule has 8 rings (SSSR count). The number of aromatic amines is 1. The van der Waals surface area contributed by atoms with E-state index in [4.69, 9.17) is 15.2 Å². The average molecular weight is 832 g/mol. The van der Waals surface area contributed by atoms with E-state index >= 15 is 0 Å². The maximum absolute atomic E-state index is 13.4. The summed E-state index contributed by atoms with van der Waals surface area (Å²) >= 11 is 0. The summed E-state index contributed by atoms with van der Waals surface area (Å²) in [6, 6.07) is 12.2. The fourth-order valence-corrected chi connectivity index (χ4v) is 8.32. The van der Waals surface area contributed by atoms with E-state index in [1.54, 1.807) is 35.4 Å². The van der Waals surface area contributed by atoms with Crippen LogP contribution in [0.3, 0.4) is 0 Å². The lowest BCUT2D eigenvalue weighted by Gasteiger charge is -2.41. The number of amides is 6. The number of nitrogens with one attached hydrogen (secondary N) is 3. The number of allylic oxidation sites excluding steroid dienone is 2. The summed E-state index contributed by atoms with van der Waals surface area (Å²) in [5.41, 5.74) is 9.27. The summed E-state index contributed by atoms with van der Waals surface area (Å²) in [6.45, 7) is 2.43. The molecule has 4 aliphatic rings. The van der Waals surface area contributed by atoms with Crippen LogP contribution in [0.15, 0.2) is 84.8 Å². The summed E-state index contributed by atoms with van der Waals surface area (Å²) in [6.07, 6.45) is 10.5. The van der Waals surface area contributed by atoms with Crippen LogP contribution in [0.2, 0.25) is 0 Å². The van der Waals surface area contributed by atoms with Crippen LogP contribution in [0.5, 0.6) is 0 Å². The second kappa shape index (κ2) is 18.1. The Hall–Kier alpha value is -6.99. The molecule has 2 saturated heterocycles. The molecule has 19 nitrogen and oxygen atoms in total. The molecule has 4 aromatic rings. The van der Waals surface area contributed by atoms with E-state index in [2.05, 4.69) is 30.9 Å². The zero-order valence-corrected chi connectivity index (χ0v) is 33.2. The van der Waals surface area contributed by atoms with Crippen LogP contribution in [0.1, 0.15) is 58.5 Å². The molecule has 7 heterocycles. The fraction of sp³-hybridized carbons (Fsp3) is 0.357. The SMILES string of the molecule is NC(=O)C1C(C2CCN(C(=O)CCOCCOCCNc3cccc4c3C(=O)N(C3CCC(=O)NC3=O)C4=O)CC2)=CC=C(c2ccn[nH]2)N1c1ccnn1-c1ccccn1. The molecule has 6 amide bonds. The van der Waals surface area contributed by atoms with Gasteiger partial charge in [-0.15, -0.1) is 0 Å². The quantitative estimate of drug-likeness (QED) is 0.0932. The van der Waals surface area contributed by atoms with E-state index < -0.39 is 41.6 Å². The van der Waals surface area contributed by atoms with Crippen molar-refractivity contribution in [3.63, 3.8) is 0 Å². The molecule has 2 fully saturated rings. The highest BCUT2D eigenvalue weighted by Crippen LogP contribution is 2.39. The molecule has 0 radical (unpaired) electrons. The van der Waals surface area contributed by atoms with Crippen molar-refractivity contribution in [2.45, 2.75) is 44.2 Å². The van der Waals surface area contributed by atoms with E-state index in [9.17, 15) is 28.8 Å². The number of piperidine rings is 2. The van der Waals surface area contributed by atoms with Gasteiger partial charge in [0.15, 0.2) is 5.82 Å². The number of rotatable bonds is 16. The Balaban J connectivity index is 0.783. The molecule has 0 spiro atoms. The minimum absolute atomic E-state index is 0.00366. The molecule has 0 aliphatic carbocycles. The number of nitrogens with two attached hydrogens (primary N) is 1. The summed E-state index contributed by atoms with van der Waals surface area (Å²) in [4.78, 5) is 86.0. The molecule has 61 heavy (non-hydrogen) atoms. The van der Waals surface area contributed by atoms with Gasteiger partial charge in [0.25, 0.3) is 11.8 Å². The van der Waals surface area contributed by atoms with E-state index in [-0.39, 0.29) is 68.6 Å². The van der Waals surface area contributed by atoms with Gasteiger partial charge in [-0.05, 0) is 67.2 Å². The van der Waals surface area contributed by atoms with Gasteiger partial charge in [-0.1, -0.05) is 18.2 Å². The third-order valence-corrected chi connectivity index (χ3v) is 11.2. The predicted molar refractivity (Wildman–Crippen MR) is 219 cm³/mol. The van der Waals surface area contributed by atoms with Crippen LogP contribution in [-0.4, -0.2) is 128 Å². The van der Waals surface area contributed by atoms with Crippen molar-refractivity contribution in [1.29, 1.82) is 0 Å². The van der Waals surface area contributed by atoms with Gasteiger partial charge in [0.05, 0.1) is 61.6 Å². The number of hydrogen-bond acceptors (Lipinski definition) is 13. The lowest BCUT2D eigenvalue weighted by molar-refractivity contribution is -0.136. The number of primary amides is 1. The number of H-pyrrole nitrogens is 1. The van der Waals surface area contributed by atoms with Gasteiger partial charge in [-0.25, -0.2) is 4.98 Å². The number of fused-ring (bicyclic) bond motifs is 1. The van der Waals surface area contributed by atoms with Gasteiger partial charge in [0.1, 0.15) is 17.9 Å². The summed E-state index contributed by atoms with van der Waals surface area (Å²) in [5, 5.41) is 17.0. The smallest absolute Gasteiger partial charge is 0.264 e. The number of ether oxygens (including phenoxy) is 2. The van der Waals surface area contributed by atoms with Crippen molar-refractivity contribution in [2.24, 2.45) is 11.7 Å². The van der Waals surface area contributed by atoms with Gasteiger partial charge in [-0.3, -0.25) is 44.1 Å². The topological polar surface area (TPSA) is 240 Å². The predicted octanol–water partition coefficient (Wildman–Crippen LogP) is 1.81. The van der Waals surface area contributed by atoms with Gasteiger partial charge in [-0.2, -0.15) is 14.9 Å². The second-order valence-corrected chi connectivity index (χ2v) is 14.9. The van der Waals surface area contributed by atoms with Crippen molar-refractivity contribution in [3.05, 3.63) is 102 Å². The number of aromatic nitrogens is 5. The van der Waals surface area contributed by atoms with Crippen LogP contribution >= 0.6 is 0 Å². The first-order chi connectivity index (χ1) is 29.7. The molecule has 316 valence electrons. The Morgan fingerprint density at radius 1 is 0.852 bits per heavy atom. The number of carbonyl (C=O) groups excluding carboxylic acids is 6. The lowest BCUT2D eigenvalue weighted by Crippen LogP contribution is -2.54. The van der Waals surface area contributed by atoms with Gasteiger partial charge >= 0.3 is 0 Å². The van der Waals surface area contributed by atoms with E-state index in [0.717, 1.165) is 10.5 Å².